The van der Waals surface area contributed by atoms with Crippen molar-refractivity contribution in [2.45, 2.75) is 24.2 Å². The van der Waals surface area contributed by atoms with Gasteiger partial charge in [-0.1, -0.05) is 17.3 Å². The average Bonchev–Trinajstić information content (AvgIpc) is 2.65. The quantitative estimate of drug-likeness (QED) is 0.246. The zero-order valence-corrected chi connectivity index (χ0v) is 10.8. The highest BCUT2D eigenvalue weighted by Crippen LogP contribution is 2.37. The van der Waals surface area contributed by atoms with Crippen molar-refractivity contribution in [2.24, 2.45) is 5.11 Å². The summed E-state index contributed by atoms with van der Waals surface area (Å²) < 4.78 is 6.33. The molecule has 0 unspecified atom stereocenters. The number of ether oxygens (including phenoxy) is 1. The van der Waals surface area contributed by atoms with Gasteiger partial charge in [0.15, 0.2) is 6.23 Å². The van der Waals surface area contributed by atoms with E-state index in [1.165, 1.54) is 12.3 Å². The first-order valence-electron chi connectivity index (χ1n) is 5.48. The molecule has 11 heteroatoms. The second kappa shape index (κ2) is 5.32. The van der Waals surface area contributed by atoms with Crippen LogP contribution in [0.1, 0.15) is 6.23 Å². The van der Waals surface area contributed by atoms with E-state index in [9.17, 15) is 20.1 Å². The first-order chi connectivity index (χ1) is 9.45. The molecule has 0 saturated carbocycles. The van der Waals surface area contributed by atoms with Gasteiger partial charge in [-0.3, -0.25) is 9.55 Å². The van der Waals surface area contributed by atoms with Crippen LogP contribution in [0.3, 0.4) is 0 Å². The number of azide groups is 1. The van der Waals surface area contributed by atoms with Gasteiger partial charge in [0.2, 0.25) is 5.72 Å². The van der Waals surface area contributed by atoms with Gasteiger partial charge in [0, 0.05) is 11.1 Å². The molecule has 108 valence electrons. The highest BCUT2D eigenvalue weighted by atomic mass is 32.1. The summed E-state index contributed by atoms with van der Waals surface area (Å²) >= 11 is 4.77. The number of aliphatic hydroxyl groups excluding tert-OH is 3. The molecule has 1 aliphatic rings. The predicted molar refractivity (Wildman–Crippen MR) is 67.0 cm³/mol. The Morgan fingerprint density at radius 1 is 1.65 bits per heavy atom. The molecule has 1 aliphatic heterocycles. The molecule has 2 rings (SSSR count). The Morgan fingerprint density at radius 2 is 2.35 bits per heavy atom. The van der Waals surface area contributed by atoms with Gasteiger partial charge in [-0.15, -0.1) is 0 Å². The summed E-state index contributed by atoms with van der Waals surface area (Å²) in [5.41, 5.74) is 5.73. The van der Waals surface area contributed by atoms with Crippen LogP contribution in [0, 0.1) is 4.64 Å². The van der Waals surface area contributed by atoms with Crippen LogP contribution in [-0.4, -0.2) is 49.4 Å². The fraction of sp³-hybridized carbons (Fsp3) is 0.556. The number of nitrogens with one attached hydrogen (secondary N) is 1. The topological polar surface area (TPSA) is 156 Å². The number of hydrogen-bond donors (Lipinski definition) is 4. The van der Waals surface area contributed by atoms with E-state index in [1.54, 1.807) is 0 Å². The standard InChI is InChI=1S/C9H11N5O5S/c10-13-12-9(3-15)6(17)5(16)7(19-9)14-2-1-4(20)11-8(14)18/h1-2,5-7,15-17H,3H2,(H,11,18,20)/t5-,6+,7-,9-/m1/s1. The van der Waals surface area contributed by atoms with E-state index in [0.29, 0.717) is 0 Å². The van der Waals surface area contributed by atoms with Crippen LogP contribution in [-0.2, 0) is 4.74 Å². The first-order valence-corrected chi connectivity index (χ1v) is 5.88. The predicted octanol–water partition coefficient (Wildman–Crippen LogP) is -0.845. The maximum atomic E-state index is 11.7. The lowest BCUT2D eigenvalue weighted by Crippen LogP contribution is -2.44. The van der Waals surface area contributed by atoms with E-state index in [0.717, 1.165) is 4.57 Å². The lowest BCUT2D eigenvalue weighted by molar-refractivity contribution is -0.125. The zero-order chi connectivity index (χ0) is 14.9. The number of aromatic amines is 1. The molecule has 4 atom stereocenters. The smallest absolute Gasteiger partial charge is 0.328 e. The Labute approximate surface area is 116 Å². The summed E-state index contributed by atoms with van der Waals surface area (Å²) in [5.74, 6) is 0. The van der Waals surface area contributed by atoms with Gasteiger partial charge in [0.05, 0.1) is 6.61 Å². The summed E-state index contributed by atoms with van der Waals surface area (Å²) in [5, 5.41) is 32.2. The van der Waals surface area contributed by atoms with Crippen molar-refractivity contribution in [1.29, 1.82) is 0 Å². The number of aromatic nitrogens is 2. The zero-order valence-electron chi connectivity index (χ0n) is 9.95. The normalized spacial score (nSPS) is 32.9. The van der Waals surface area contributed by atoms with Crippen LogP contribution in [0.25, 0.3) is 10.4 Å². The third-order valence-corrected chi connectivity index (χ3v) is 3.21. The Bertz CT molecular complexity index is 667. The van der Waals surface area contributed by atoms with Crippen molar-refractivity contribution in [1.82, 2.24) is 9.55 Å². The van der Waals surface area contributed by atoms with Crippen molar-refractivity contribution >= 4 is 12.2 Å². The number of nitrogens with zero attached hydrogens (tertiary/aromatic N) is 4. The minimum absolute atomic E-state index is 0.183. The summed E-state index contributed by atoms with van der Waals surface area (Å²) in [6, 6.07) is 1.38. The molecular formula is C9H11N5O5S. The average molecular weight is 301 g/mol. The van der Waals surface area contributed by atoms with Crippen LogP contribution < -0.4 is 5.69 Å². The molecule has 1 aromatic rings. The van der Waals surface area contributed by atoms with Gasteiger partial charge in [-0.05, 0) is 11.6 Å². The molecule has 0 radical (unpaired) electrons. The number of aliphatic hydroxyl groups is 3. The molecule has 1 saturated heterocycles. The molecule has 20 heavy (non-hydrogen) atoms. The van der Waals surface area contributed by atoms with Gasteiger partial charge in [0.1, 0.15) is 16.8 Å². The minimum atomic E-state index is -2.05. The highest BCUT2D eigenvalue weighted by molar-refractivity contribution is 7.71. The molecule has 2 heterocycles. The van der Waals surface area contributed by atoms with E-state index in [4.69, 9.17) is 22.5 Å². The second-order valence-corrected chi connectivity index (χ2v) is 4.59. The lowest BCUT2D eigenvalue weighted by atomic mass is 10.1. The Hall–Kier alpha value is -1.75. The van der Waals surface area contributed by atoms with Gasteiger partial charge < -0.3 is 20.1 Å². The van der Waals surface area contributed by atoms with Crippen molar-refractivity contribution in [3.8, 4) is 0 Å². The third kappa shape index (κ3) is 2.22. The first kappa shape index (κ1) is 14.7. The van der Waals surface area contributed by atoms with Crippen LogP contribution >= 0.6 is 12.2 Å². The maximum absolute atomic E-state index is 11.7. The molecule has 10 nitrogen and oxygen atoms in total. The van der Waals surface area contributed by atoms with Crippen molar-refractivity contribution in [3.05, 3.63) is 37.8 Å². The van der Waals surface area contributed by atoms with Gasteiger partial charge >= 0.3 is 5.69 Å². The molecule has 0 aliphatic carbocycles. The SMILES string of the molecule is [N-]=[N+]=N[C@]1(CO)O[C@@H](n2ccc(=S)[nH]c2=O)[C@H](O)[C@@H]1O. The molecule has 1 fully saturated rings. The van der Waals surface area contributed by atoms with E-state index in [-0.39, 0.29) is 4.64 Å². The molecule has 0 spiro atoms. The van der Waals surface area contributed by atoms with Crippen LogP contribution in [0.15, 0.2) is 22.2 Å². The molecule has 1 aromatic heterocycles. The maximum Gasteiger partial charge on any atom is 0.328 e. The fourth-order valence-electron chi connectivity index (χ4n) is 1.94. The summed E-state index contributed by atoms with van der Waals surface area (Å²) in [6.45, 7) is -0.858. The third-order valence-electron chi connectivity index (χ3n) is 2.97. The van der Waals surface area contributed by atoms with Crippen molar-refractivity contribution < 1.29 is 20.1 Å². The van der Waals surface area contributed by atoms with E-state index in [1.807, 2.05) is 0 Å². The monoisotopic (exact) mass is 301 g/mol. The molecule has 0 aromatic carbocycles. The minimum Gasteiger partial charge on any atom is -0.393 e. The van der Waals surface area contributed by atoms with E-state index in [2.05, 4.69) is 15.0 Å². The van der Waals surface area contributed by atoms with Crippen molar-refractivity contribution in [2.75, 3.05) is 6.61 Å². The van der Waals surface area contributed by atoms with Crippen molar-refractivity contribution in [3.63, 3.8) is 0 Å². The van der Waals surface area contributed by atoms with E-state index < -0.39 is 36.5 Å². The van der Waals surface area contributed by atoms with Crippen LogP contribution in [0.2, 0.25) is 0 Å². The molecule has 0 amide bonds. The van der Waals surface area contributed by atoms with E-state index >= 15 is 0 Å². The van der Waals surface area contributed by atoms with Gasteiger partial charge in [-0.25, -0.2) is 4.79 Å². The second-order valence-electron chi connectivity index (χ2n) is 4.15. The Morgan fingerprint density at radius 3 is 2.90 bits per heavy atom. The number of rotatable bonds is 3. The summed E-state index contributed by atoms with van der Waals surface area (Å²) in [4.78, 5) is 16.5. The largest absolute Gasteiger partial charge is 0.393 e. The Balaban J connectivity index is 2.47. The summed E-state index contributed by atoms with van der Waals surface area (Å²) in [7, 11) is 0. The number of H-pyrrole nitrogens is 1. The summed E-state index contributed by atoms with van der Waals surface area (Å²) in [6.07, 6.45) is -3.34. The molecular weight excluding hydrogens is 290 g/mol. The Kier molecular flexibility index (Phi) is 3.90. The fourth-order valence-corrected chi connectivity index (χ4v) is 2.09. The molecule has 0 bridgehead atoms. The van der Waals surface area contributed by atoms with Gasteiger partial charge in [0.25, 0.3) is 0 Å². The lowest BCUT2D eigenvalue weighted by Gasteiger charge is -2.23. The van der Waals surface area contributed by atoms with Crippen LogP contribution in [0.4, 0.5) is 0 Å². The molecule has 4 N–H and O–H groups in total. The van der Waals surface area contributed by atoms with Gasteiger partial charge in [-0.2, -0.15) is 0 Å². The van der Waals surface area contributed by atoms with Crippen LogP contribution in [0.5, 0.6) is 0 Å². The number of hydrogen-bond acceptors (Lipinski definition) is 7. The highest BCUT2D eigenvalue weighted by Gasteiger charge is 2.54.